The van der Waals surface area contributed by atoms with Gasteiger partial charge < -0.3 is 0 Å². The molecule has 2 atom stereocenters. The van der Waals surface area contributed by atoms with Crippen LogP contribution in [0.4, 0.5) is 0 Å². The lowest BCUT2D eigenvalue weighted by molar-refractivity contribution is -0.0361. The van der Waals surface area contributed by atoms with E-state index in [4.69, 9.17) is 0 Å². The Hall–Kier alpha value is 0.960. The molecule has 4 saturated carbocycles. The molecule has 0 aromatic rings. The molecule has 0 heterocycles. The first kappa shape index (κ1) is 10.1. The van der Waals surface area contributed by atoms with Crippen LogP contribution in [0.1, 0.15) is 44.9 Å². The van der Waals surface area contributed by atoms with Gasteiger partial charge in [-0.15, -0.1) is 0 Å². The Balaban J connectivity index is 1.89. The summed E-state index contributed by atoms with van der Waals surface area (Å²) in [6.07, 6.45) is 10.4. The van der Waals surface area contributed by atoms with E-state index in [-0.39, 0.29) is 0 Å². The van der Waals surface area contributed by atoms with E-state index in [2.05, 4.69) is 31.9 Å². The van der Waals surface area contributed by atoms with Crippen LogP contribution >= 0.6 is 31.9 Å². The molecule has 0 unspecified atom stereocenters. The second-order valence-corrected chi connectivity index (χ2v) is 8.53. The van der Waals surface area contributed by atoms with Crippen molar-refractivity contribution in [3.05, 3.63) is 0 Å². The normalized spacial score (nSPS) is 55.3. The molecule has 0 aromatic carbocycles. The maximum atomic E-state index is 4.05. The van der Waals surface area contributed by atoms with Gasteiger partial charge in [0.25, 0.3) is 0 Å². The van der Waals surface area contributed by atoms with Crippen LogP contribution in [0.15, 0.2) is 0 Å². The highest BCUT2D eigenvalue weighted by molar-refractivity contribution is 9.10. The van der Waals surface area contributed by atoms with Crippen molar-refractivity contribution in [2.45, 2.75) is 49.3 Å². The van der Waals surface area contributed by atoms with Crippen molar-refractivity contribution in [3.63, 3.8) is 0 Å². The molecule has 0 aliphatic heterocycles. The van der Waals surface area contributed by atoms with Crippen LogP contribution in [0.2, 0.25) is 0 Å². The zero-order chi connectivity index (χ0) is 9.81. The predicted molar refractivity (Wildman–Crippen MR) is 67.2 cm³/mol. The van der Waals surface area contributed by atoms with Crippen molar-refractivity contribution in [2.75, 3.05) is 5.33 Å². The molecule has 4 rings (SSSR count). The van der Waals surface area contributed by atoms with E-state index in [1.54, 1.807) is 0 Å². The largest absolute Gasteiger partial charge is 0.0928 e. The van der Waals surface area contributed by atoms with Crippen molar-refractivity contribution in [1.82, 2.24) is 0 Å². The molecule has 80 valence electrons. The first-order chi connectivity index (χ1) is 6.63. The van der Waals surface area contributed by atoms with Crippen LogP contribution in [0.25, 0.3) is 0 Å². The van der Waals surface area contributed by atoms with Gasteiger partial charge in [0, 0.05) is 9.65 Å². The Morgan fingerprint density at radius 2 is 1.71 bits per heavy atom. The van der Waals surface area contributed by atoms with Crippen LogP contribution in [0, 0.1) is 17.3 Å². The molecule has 4 aliphatic rings. The van der Waals surface area contributed by atoms with E-state index >= 15 is 0 Å². The fourth-order valence-corrected chi connectivity index (χ4v) is 7.18. The predicted octanol–water partition coefficient (Wildman–Crippen LogP) is 4.51. The van der Waals surface area contributed by atoms with E-state index < -0.39 is 0 Å². The fourth-order valence-electron chi connectivity index (χ4n) is 4.83. The van der Waals surface area contributed by atoms with Crippen LogP contribution in [-0.2, 0) is 0 Å². The minimum atomic E-state index is 0.555. The summed E-state index contributed by atoms with van der Waals surface area (Å²) in [7, 11) is 0. The molecule has 14 heavy (non-hydrogen) atoms. The van der Waals surface area contributed by atoms with Gasteiger partial charge in [-0.25, -0.2) is 0 Å². The molecule has 4 bridgehead atoms. The second kappa shape index (κ2) is 3.23. The van der Waals surface area contributed by atoms with E-state index in [1.165, 1.54) is 50.3 Å². The third-order valence-electron chi connectivity index (χ3n) is 4.74. The molecule has 0 aromatic heterocycles. The van der Waals surface area contributed by atoms with E-state index in [0.717, 1.165) is 17.3 Å². The SMILES string of the molecule is BrCCC12C[C@@H]3C[C@H](CC(Br)(C3)C1)C2. The summed E-state index contributed by atoms with van der Waals surface area (Å²) in [5.41, 5.74) is 0.719. The molecule has 0 spiro atoms. The summed E-state index contributed by atoms with van der Waals surface area (Å²) < 4.78 is 0.555. The summed E-state index contributed by atoms with van der Waals surface area (Å²) in [5.74, 6) is 2.10. The van der Waals surface area contributed by atoms with Gasteiger partial charge in [-0.2, -0.15) is 0 Å². The van der Waals surface area contributed by atoms with Gasteiger partial charge in [0.1, 0.15) is 0 Å². The summed E-state index contributed by atoms with van der Waals surface area (Å²) in [6.45, 7) is 0. The van der Waals surface area contributed by atoms with Crippen LogP contribution < -0.4 is 0 Å². The highest BCUT2D eigenvalue weighted by atomic mass is 79.9. The molecule has 0 radical (unpaired) electrons. The van der Waals surface area contributed by atoms with Crippen molar-refractivity contribution < 1.29 is 0 Å². The Morgan fingerprint density at radius 1 is 1.07 bits per heavy atom. The lowest BCUT2D eigenvalue weighted by Gasteiger charge is -2.60. The van der Waals surface area contributed by atoms with Gasteiger partial charge >= 0.3 is 0 Å². The first-order valence-corrected chi connectivity index (χ1v) is 7.80. The lowest BCUT2D eigenvalue weighted by atomic mass is 9.49. The number of alkyl halides is 2. The van der Waals surface area contributed by atoms with Crippen molar-refractivity contribution >= 4 is 31.9 Å². The van der Waals surface area contributed by atoms with Gasteiger partial charge in [0.2, 0.25) is 0 Å². The van der Waals surface area contributed by atoms with Gasteiger partial charge in [-0.1, -0.05) is 31.9 Å². The third-order valence-corrected chi connectivity index (χ3v) is 6.06. The molecule has 0 saturated heterocycles. The zero-order valence-electron chi connectivity index (χ0n) is 8.57. The molecular formula is C12H18Br2. The average molecular weight is 322 g/mol. The Kier molecular flexibility index (Phi) is 2.34. The highest BCUT2D eigenvalue weighted by Crippen LogP contribution is 2.65. The maximum absolute atomic E-state index is 4.05. The number of hydrogen-bond donors (Lipinski definition) is 0. The van der Waals surface area contributed by atoms with E-state index in [9.17, 15) is 0 Å². The number of rotatable bonds is 2. The van der Waals surface area contributed by atoms with Crippen LogP contribution in [-0.4, -0.2) is 9.65 Å². The summed E-state index contributed by atoms with van der Waals surface area (Å²) >= 11 is 7.69. The van der Waals surface area contributed by atoms with Gasteiger partial charge in [-0.3, -0.25) is 0 Å². The zero-order valence-corrected chi connectivity index (χ0v) is 11.7. The summed E-state index contributed by atoms with van der Waals surface area (Å²) in [4.78, 5) is 0. The Bertz CT molecular complexity index is 235. The minimum absolute atomic E-state index is 0.555. The highest BCUT2D eigenvalue weighted by Gasteiger charge is 2.56. The van der Waals surface area contributed by atoms with Crippen LogP contribution in [0.5, 0.6) is 0 Å². The first-order valence-electron chi connectivity index (χ1n) is 5.88. The van der Waals surface area contributed by atoms with Gasteiger partial charge in [0.15, 0.2) is 0 Å². The monoisotopic (exact) mass is 320 g/mol. The third kappa shape index (κ3) is 1.52. The Labute approximate surface area is 103 Å². The van der Waals surface area contributed by atoms with E-state index in [1.807, 2.05) is 0 Å². The quantitative estimate of drug-likeness (QED) is 0.657. The molecular weight excluding hydrogens is 304 g/mol. The molecule has 0 N–H and O–H groups in total. The fraction of sp³-hybridized carbons (Fsp3) is 1.00. The second-order valence-electron chi connectivity index (χ2n) is 6.05. The summed E-state index contributed by atoms with van der Waals surface area (Å²) in [5, 5.41) is 1.20. The maximum Gasteiger partial charge on any atom is 0.0268 e. The standard InChI is InChI=1S/C12H18Br2/c13-2-1-11-4-9-3-10(5-11)7-12(14,6-9)8-11/h9-10H,1-8H2/t9-,10-,11?,12?/m0/s1. The molecule has 2 heteroatoms. The number of halogens is 2. The molecule has 0 nitrogen and oxygen atoms in total. The molecule has 4 aliphatic carbocycles. The molecule has 4 fully saturated rings. The van der Waals surface area contributed by atoms with Crippen molar-refractivity contribution in [1.29, 1.82) is 0 Å². The van der Waals surface area contributed by atoms with E-state index in [0.29, 0.717) is 4.32 Å². The Morgan fingerprint density at radius 3 is 2.21 bits per heavy atom. The summed E-state index contributed by atoms with van der Waals surface area (Å²) in [6, 6.07) is 0. The topological polar surface area (TPSA) is 0 Å². The average Bonchev–Trinajstić information content (AvgIpc) is 1.97. The van der Waals surface area contributed by atoms with Gasteiger partial charge in [-0.05, 0) is 62.2 Å². The minimum Gasteiger partial charge on any atom is -0.0928 e. The molecule has 0 amide bonds. The number of hydrogen-bond acceptors (Lipinski definition) is 0. The van der Waals surface area contributed by atoms with Crippen LogP contribution in [0.3, 0.4) is 0 Å². The van der Waals surface area contributed by atoms with Crippen molar-refractivity contribution in [2.24, 2.45) is 17.3 Å². The smallest absolute Gasteiger partial charge is 0.0268 e. The lowest BCUT2D eigenvalue weighted by Crippen LogP contribution is -2.52. The van der Waals surface area contributed by atoms with Crippen molar-refractivity contribution in [3.8, 4) is 0 Å². The van der Waals surface area contributed by atoms with Gasteiger partial charge in [0.05, 0.1) is 0 Å².